The van der Waals surface area contributed by atoms with Gasteiger partial charge in [-0.05, 0) is 46.0 Å². The number of aliphatic hydroxyl groups is 1. The van der Waals surface area contributed by atoms with E-state index in [0.717, 1.165) is 24.9 Å². The molecule has 1 fully saturated rings. The van der Waals surface area contributed by atoms with Gasteiger partial charge in [-0.3, -0.25) is 4.90 Å². The first-order chi connectivity index (χ1) is 8.19. The third kappa shape index (κ3) is 5.25. The van der Waals surface area contributed by atoms with Crippen molar-refractivity contribution in [1.29, 1.82) is 0 Å². The maximum Gasteiger partial charge on any atom is 0.0791 e. The highest BCUT2D eigenvalue weighted by molar-refractivity contribution is 4.84. The molecule has 4 atom stereocenters. The number of hydrogen-bond acceptors (Lipinski definition) is 3. The molecule has 1 aliphatic rings. The normalized spacial score (nSPS) is 32.5. The predicted octanol–water partition coefficient (Wildman–Crippen LogP) is 2.10. The molecule has 0 bridgehead atoms. The summed E-state index contributed by atoms with van der Waals surface area (Å²) in [7, 11) is 0. The molecule has 3 heteroatoms. The molecule has 1 heterocycles. The molecule has 3 nitrogen and oxygen atoms in total. The van der Waals surface area contributed by atoms with Crippen molar-refractivity contribution in [3.63, 3.8) is 0 Å². The number of aliphatic hydroxyl groups excluding tert-OH is 1. The molecule has 0 aromatic carbocycles. The van der Waals surface area contributed by atoms with Crippen LogP contribution < -0.4 is 5.32 Å². The summed E-state index contributed by atoms with van der Waals surface area (Å²) < 4.78 is 0. The molecular weight excluding hydrogens is 224 g/mol. The van der Waals surface area contributed by atoms with E-state index < -0.39 is 0 Å². The third-order valence-electron chi connectivity index (χ3n) is 4.03. The number of rotatable bonds is 4. The SMILES string of the molecule is CC1CC(C)C(C)N(CC(O)CNC(C)(C)C)C1. The Morgan fingerprint density at radius 1 is 1.28 bits per heavy atom. The van der Waals surface area contributed by atoms with Crippen LogP contribution in [0, 0.1) is 11.8 Å². The number of piperidine rings is 1. The van der Waals surface area contributed by atoms with E-state index in [4.69, 9.17) is 0 Å². The van der Waals surface area contributed by atoms with Crippen LogP contribution in [0.3, 0.4) is 0 Å². The largest absolute Gasteiger partial charge is 0.390 e. The van der Waals surface area contributed by atoms with Crippen LogP contribution in [-0.2, 0) is 0 Å². The Kier molecular flexibility index (Phi) is 5.63. The molecule has 18 heavy (non-hydrogen) atoms. The second-order valence-corrected chi connectivity index (χ2v) is 7.30. The fraction of sp³-hybridized carbons (Fsp3) is 1.00. The lowest BCUT2D eigenvalue weighted by Gasteiger charge is -2.42. The van der Waals surface area contributed by atoms with Crippen LogP contribution in [0.4, 0.5) is 0 Å². The highest BCUT2D eigenvalue weighted by Gasteiger charge is 2.29. The molecule has 1 saturated heterocycles. The number of likely N-dealkylation sites (tertiary alicyclic amines) is 1. The van der Waals surface area contributed by atoms with Crippen LogP contribution in [0.5, 0.6) is 0 Å². The highest BCUT2D eigenvalue weighted by Crippen LogP contribution is 2.26. The van der Waals surface area contributed by atoms with Crippen LogP contribution in [0.25, 0.3) is 0 Å². The van der Waals surface area contributed by atoms with Gasteiger partial charge in [0, 0.05) is 31.2 Å². The molecular formula is C15H32N2O. The van der Waals surface area contributed by atoms with E-state index >= 15 is 0 Å². The van der Waals surface area contributed by atoms with Crippen molar-refractivity contribution in [3.8, 4) is 0 Å². The van der Waals surface area contributed by atoms with Crippen molar-refractivity contribution in [2.45, 2.75) is 65.6 Å². The van der Waals surface area contributed by atoms with Crippen molar-refractivity contribution < 1.29 is 5.11 Å². The number of hydrogen-bond donors (Lipinski definition) is 2. The van der Waals surface area contributed by atoms with E-state index in [-0.39, 0.29) is 11.6 Å². The average molecular weight is 256 g/mol. The Balaban J connectivity index is 2.40. The Labute approximate surface area is 113 Å². The second kappa shape index (κ2) is 6.36. The standard InChI is InChI=1S/C15H32N2O/c1-11-7-12(2)13(3)17(9-11)10-14(18)8-16-15(4,5)6/h11-14,16,18H,7-10H2,1-6H3. The molecule has 0 aliphatic carbocycles. The molecule has 1 aliphatic heterocycles. The van der Waals surface area contributed by atoms with Gasteiger partial charge in [-0.2, -0.15) is 0 Å². The number of β-amino-alcohol motifs (C(OH)–C–C–N with tert-alkyl or cyclic N) is 1. The summed E-state index contributed by atoms with van der Waals surface area (Å²) >= 11 is 0. The molecule has 0 amide bonds. The van der Waals surface area contributed by atoms with Gasteiger partial charge < -0.3 is 10.4 Å². The molecule has 4 unspecified atom stereocenters. The van der Waals surface area contributed by atoms with Gasteiger partial charge >= 0.3 is 0 Å². The molecule has 0 aromatic rings. The topological polar surface area (TPSA) is 35.5 Å². The lowest BCUT2D eigenvalue weighted by atomic mass is 9.86. The van der Waals surface area contributed by atoms with Gasteiger partial charge in [0.15, 0.2) is 0 Å². The molecule has 0 radical (unpaired) electrons. The molecule has 0 aromatic heterocycles. The smallest absolute Gasteiger partial charge is 0.0791 e. The summed E-state index contributed by atoms with van der Waals surface area (Å²) in [5.41, 5.74) is 0.0784. The minimum atomic E-state index is -0.274. The van der Waals surface area contributed by atoms with Crippen molar-refractivity contribution in [1.82, 2.24) is 10.2 Å². The maximum absolute atomic E-state index is 10.2. The summed E-state index contributed by atoms with van der Waals surface area (Å²) in [4.78, 5) is 2.45. The first-order valence-electron chi connectivity index (χ1n) is 7.36. The predicted molar refractivity (Wildman–Crippen MR) is 77.7 cm³/mol. The van der Waals surface area contributed by atoms with Crippen LogP contribution in [0.2, 0.25) is 0 Å². The van der Waals surface area contributed by atoms with Gasteiger partial charge in [-0.1, -0.05) is 13.8 Å². The lowest BCUT2D eigenvalue weighted by Crippen LogP contribution is -2.51. The Hall–Kier alpha value is -0.120. The van der Waals surface area contributed by atoms with Gasteiger partial charge in [0.1, 0.15) is 0 Å². The van der Waals surface area contributed by atoms with Gasteiger partial charge in [0.05, 0.1) is 6.10 Å². The summed E-state index contributed by atoms with van der Waals surface area (Å²) in [6.07, 6.45) is 1.04. The lowest BCUT2D eigenvalue weighted by molar-refractivity contribution is 0.0304. The van der Waals surface area contributed by atoms with E-state index in [0.29, 0.717) is 12.6 Å². The highest BCUT2D eigenvalue weighted by atomic mass is 16.3. The quantitative estimate of drug-likeness (QED) is 0.808. The number of nitrogens with zero attached hydrogens (tertiary/aromatic N) is 1. The Bertz CT molecular complexity index is 249. The summed E-state index contributed by atoms with van der Waals surface area (Å²) in [5, 5.41) is 13.5. The minimum Gasteiger partial charge on any atom is -0.390 e. The fourth-order valence-electron chi connectivity index (χ4n) is 2.83. The van der Waals surface area contributed by atoms with E-state index in [2.05, 4.69) is 51.8 Å². The minimum absolute atomic E-state index is 0.0784. The summed E-state index contributed by atoms with van der Waals surface area (Å²) in [6.45, 7) is 15.9. The average Bonchev–Trinajstić information content (AvgIpc) is 2.21. The first kappa shape index (κ1) is 15.9. The van der Waals surface area contributed by atoms with Gasteiger partial charge in [0.2, 0.25) is 0 Å². The number of nitrogens with one attached hydrogen (secondary N) is 1. The van der Waals surface area contributed by atoms with Gasteiger partial charge in [-0.15, -0.1) is 0 Å². The van der Waals surface area contributed by atoms with E-state index in [1.165, 1.54) is 6.42 Å². The molecule has 0 spiro atoms. The zero-order valence-corrected chi connectivity index (χ0v) is 13.0. The van der Waals surface area contributed by atoms with E-state index in [9.17, 15) is 5.11 Å². The van der Waals surface area contributed by atoms with Gasteiger partial charge in [-0.25, -0.2) is 0 Å². The molecule has 108 valence electrons. The van der Waals surface area contributed by atoms with E-state index in [1.54, 1.807) is 0 Å². The molecule has 0 saturated carbocycles. The Morgan fingerprint density at radius 2 is 1.89 bits per heavy atom. The van der Waals surface area contributed by atoms with Crippen molar-refractivity contribution >= 4 is 0 Å². The zero-order chi connectivity index (χ0) is 13.9. The molecule has 1 rings (SSSR count). The molecule has 2 N–H and O–H groups in total. The summed E-state index contributed by atoms with van der Waals surface area (Å²) in [5.74, 6) is 1.48. The van der Waals surface area contributed by atoms with Crippen LogP contribution in [0.1, 0.15) is 48.0 Å². The zero-order valence-electron chi connectivity index (χ0n) is 13.0. The second-order valence-electron chi connectivity index (χ2n) is 7.30. The van der Waals surface area contributed by atoms with Crippen molar-refractivity contribution in [3.05, 3.63) is 0 Å². The first-order valence-corrected chi connectivity index (χ1v) is 7.36. The third-order valence-corrected chi connectivity index (χ3v) is 4.03. The Morgan fingerprint density at radius 3 is 2.44 bits per heavy atom. The van der Waals surface area contributed by atoms with Crippen molar-refractivity contribution in [2.75, 3.05) is 19.6 Å². The van der Waals surface area contributed by atoms with Gasteiger partial charge in [0.25, 0.3) is 0 Å². The monoisotopic (exact) mass is 256 g/mol. The van der Waals surface area contributed by atoms with E-state index in [1.807, 2.05) is 0 Å². The van der Waals surface area contributed by atoms with Crippen LogP contribution in [0.15, 0.2) is 0 Å². The maximum atomic E-state index is 10.2. The van der Waals surface area contributed by atoms with Crippen molar-refractivity contribution in [2.24, 2.45) is 11.8 Å². The van der Waals surface area contributed by atoms with Crippen LogP contribution >= 0.6 is 0 Å². The summed E-state index contributed by atoms with van der Waals surface area (Å²) in [6, 6.07) is 0.588. The fourth-order valence-corrected chi connectivity index (χ4v) is 2.83. The van der Waals surface area contributed by atoms with Crippen LogP contribution in [-0.4, -0.2) is 47.3 Å².